The minimum absolute atomic E-state index is 0.115. The molecule has 2 amide bonds. The zero-order valence-corrected chi connectivity index (χ0v) is 16.0. The number of aryl methyl sites for hydroxylation is 1. The van der Waals surface area contributed by atoms with Crippen LogP contribution in [-0.2, 0) is 16.0 Å². The molecule has 4 nitrogen and oxygen atoms in total. The summed E-state index contributed by atoms with van der Waals surface area (Å²) < 4.78 is 0.693. The Hall–Kier alpha value is -1.40. The highest BCUT2D eigenvalue weighted by Crippen LogP contribution is 2.29. The van der Waals surface area contributed by atoms with Gasteiger partial charge in [0.05, 0.1) is 11.8 Å². The number of hydrogen-bond acceptors (Lipinski definition) is 4. The van der Waals surface area contributed by atoms with E-state index >= 15 is 0 Å². The fourth-order valence-corrected chi connectivity index (χ4v) is 4.62. The monoisotopic (exact) mass is 376 g/mol. The molecule has 1 heterocycles. The van der Waals surface area contributed by atoms with E-state index in [2.05, 4.69) is 23.5 Å². The van der Waals surface area contributed by atoms with Crippen molar-refractivity contribution < 1.29 is 9.59 Å². The number of amides is 2. The normalized spacial score (nSPS) is 19.8. The van der Waals surface area contributed by atoms with E-state index in [9.17, 15) is 9.59 Å². The summed E-state index contributed by atoms with van der Waals surface area (Å²) in [5.74, 6) is 0.720. The van der Waals surface area contributed by atoms with Gasteiger partial charge in [-0.2, -0.15) is 0 Å². The van der Waals surface area contributed by atoms with Gasteiger partial charge in [-0.15, -0.1) is 0 Å². The number of carbonyl (C=O) groups is 2. The van der Waals surface area contributed by atoms with Crippen molar-refractivity contribution in [3.8, 4) is 0 Å². The van der Waals surface area contributed by atoms with Gasteiger partial charge in [0.15, 0.2) is 0 Å². The van der Waals surface area contributed by atoms with E-state index in [4.69, 9.17) is 12.2 Å². The fraction of sp³-hybridized carbons (Fsp3) is 0.526. The van der Waals surface area contributed by atoms with Crippen LogP contribution in [0.1, 0.15) is 55.7 Å². The molecular formula is C19H24N2O2S2. The number of benzene rings is 1. The highest BCUT2D eigenvalue weighted by Gasteiger charge is 2.25. The first-order valence-electron chi connectivity index (χ1n) is 8.99. The Morgan fingerprint density at radius 1 is 1.28 bits per heavy atom. The maximum Gasteiger partial charge on any atom is 0.238 e. The van der Waals surface area contributed by atoms with E-state index in [1.807, 2.05) is 6.07 Å². The Morgan fingerprint density at radius 3 is 2.92 bits per heavy atom. The summed E-state index contributed by atoms with van der Waals surface area (Å²) in [5, 5.41) is 3.19. The largest absolute Gasteiger partial charge is 0.349 e. The van der Waals surface area contributed by atoms with Crippen LogP contribution in [0.3, 0.4) is 0 Å². The fourth-order valence-electron chi connectivity index (χ4n) is 3.50. The molecule has 0 saturated carbocycles. The van der Waals surface area contributed by atoms with Crippen LogP contribution in [0.4, 0.5) is 0 Å². The summed E-state index contributed by atoms with van der Waals surface area (Å²) in [7, 11) is 0. The molecule has 2 aliphatic rings. The van der Waals surface area contributed by atoms with Gasteiger partial charge < -0.3 is 5.32 Å². The Bertz CT molecular complexity index is 647. The molecule has 6 heteroatoms. The molecule has 0 unspecified atom stereocenters. The number of carbonyl (C=O) groups excluding carboxylic acids is 2. The van der Waals surface area contributed by atoms with Crippen molar-refractivity contribution in [1.82, 2.24) is 10.2 Å². The first-order chi connectivity index (χ1) is 12.1. The van der Waals surface area contributed by atoms with Crippen molar-refractivity contribution in [1.29, 1.82) is 0 Å². The first-order valence-corrected chi connectivity index (χ1v) is 10.4. The molecule has 0 radical (unpaired) electrons. The van der Waals surface area contributed by atoms with E-state index in [0.717, 1.165) is 38.5 Å². The molecular weight excluding hydrogens is 352 g/mol. The molecule has 0 bridgehead atoms. The van der Waals surface area contributed by atoms with Crippen LogP contribution in [0.5, 0.6) is 0 Å². The SMILES string of the molecule is O=C(CCCCCN1C(=O)CSC1=S)N[C@H]1CCCc2ccccc21. The van der Waals surface area contributed by atoms with Crippen molar-refractivity contribution in [3.63, 3.8) is 0 Å². The van der Waals surface area contributed by atoms with Gasteiger partial charge in [0, 0.05) is 13.0 Å². The van der Waals surface area contributed by atoms with Crippen molar-refractivity contribution in [2.75, 3.05) is 12.3 Å². The zero-order valence-electron chi connectivity index (χ0n) is 14.3. The number of nitrogens with one attached hydrogen (secondary N) is 1. The van der Waals surface area contributed by atoms with Gasteiger partial charge in [-0.1, -0.05) is 54.7 Å². The highest BCUT2D eigenvalue weighted by molar-refractivity contribution is 8.23. The predicted octanol–water partition coefficient (Wildman–Crippen LogP) is 3.60. The second kappa shape index (κ2) is 8.81. The molecule has 1 aliphatic heterocycles. The maximum absolute atomic E-state index is 12.2. The Kier molecular flexibility index (Phi) is 6.48. The molecule has 0 spiro atoms. The summed E-state index contributed by atoms with van der Waals surface area (Å²) in [5.41, 5.74) is 2.64. The van der Waals surface area contributed by atoms with Crippen LogP contribution >= 0.6 is 24.0 Å². The summed E-state index contributed by atoms with van der Waals surface area (Å²) in [6.45, 7) is 0.683. The molecule has 1 fully saturated rings. The standard InChI is InChI=1S/C19H24N2O2S2/c22-17(11-2-1-5-12-21-18(23)13-25-19(21)24)20-16-10-6-8-14-7-3-4-9-15(14)16/h3-4,7,9,16H,1-2,5-6,8,10-13H2,(H,20,22)/t16-/m0/s1. The van der Waals surface area contributed by atoms with Crippen LogP contribution in [0.2, 0.25) is 0 Å². The third-order valence-corrected chi connectivity index (χ3v) is 6.26. The third kappa shape index (κ3) is 4.82. The van der Waals surface area contributed by atoms with Gasteiger partial charge in [0.2, 0.25) is 11.8 Å². The predicted molar refractivity (Wildman–Crippen MR) is 106 cm³/mol. The van der Waals surface area contributed by atoms with Crippen molar-refractivity contribution >= 4 is 40.1 Å². The summed E-state index contributed by atoms with van der Waals surface area (Å²) in [6.07, 6.45) is 6.49. The second-order valence-corrected chi connectivity index (χ2v) is 8.23. The van der Waals surface area contributed by atoms with Gasteiger partial charge in [-0.05, 0) is 43.2 Å². The van der Waals surface area contributed by atoms with Crippen molar-refractivity contribution in [3.05, 3.63) is 35.4 Å². The lowest BCUT2D eigenvalue weighted by molar-refractivity contribution is -0.124. The Labute approximate surface area is 158 Å². The lowest BCUT2D eigenvalue weighted by atomic mass is 9.87. The molecule has 1 N–H and O–H groups in total. The summed E-state index contributed by atoms with van der Waals surface area (Å²) in [6, 6.07) is 8.57. The second-order valence-electron chi connectivity index (χ2n) is 6.62. The smallest absolute Gasteiger partial charge is 0.238 e. The molecule has 1 saturated heterocycles. The molecule has 134 valence electrons. The number of unbranched alkanes of at least 4 members (excludes halogenated alkanes) is 2. The average molecular weight is 377 g/mol. The minimum atomic E-state index is 0.115. The van der Waals surface area contributed by atoms with Crippen LogP contribution < -0.4 is 5.32 Å². The number of hydrogen-bond donors (Lipinski definition) is 1. The van der Waals surface area contributed by atoms with E-state index < -0.39 is 0 Å². The van der Waals surface area contributed by atoms with E-state index in [0.29, 0.717) is 23.0 Å². The number of fused-ring (bicyclic) bond motifs is 1. The van der Waals surface area contributed by atoms with E-state index in [-0.39, 0.29) is 17.9 Å². The Morgan fingerprint density at radius 2 is 2.12 bits per heavy atom. The minimum Gasteiger partial charge on any atom is -0.349 e. The van der Waals surface area contributed by atoms with Crippen molar-refractivity contribution in [2.45, 2.75) is 51.0 Å². The quantitative estimate of drug-likeness (QED) is 0.583. The zero-order chi connectivity index (χ0) is 17.6. The molecule has 25 heavy (non-hydrogen) atoms. The number of rotatable bonds is 7. The third-order valence-electron chi connectivity index (χ3n) is 4.83. The highest BCUT2D eigenvalue weighted by atomic mass is 32.2. The lowest BCUT2D eigenvalue weighted by Gasteiger charge is -2.26. The van der Waals surface area contributed by atoms with E-state index in [1.165, 1.54) is 22.9 Å². The Balaban J connectivity index is 1.36. The molecule has 0 aromatic heterocycles. The van der Waals surface area contributed by atoms with Gasteiger partial charge >= 0.3 is 0 Å². The first kappa shape index (κ1) is 18.4. The molecule has 3 rings (SSSR count). The van der Waals surface area contributed by atoms with E-state index in [1.54, 1.807) is 4.90 Å². The van der Waals surface area contributed by atoms with Crippen LogP contribution in [-0.4, -0.2) is 33.3 Å². The average Bonchev–Trinajstić information content (AvgIpc) is 2.93. The maximum atomic E-state index is 12.2. The molecule has 1 aromatic rings. The molecule has 1 atom stereocenters. The van der Waals surface area contributed by atoms with Crippen LogP contribution in [0.25, 0.3) is 0 Å². The lowest BCUT2D eigenvalue weighted by Crippen LogP contribution is -2.31. The number of thiocarbonyl (C=S) groups is 1. The summed E-state index contributed by atoms with van der Waals surface area (Å²) >= 11 is 6.60. The van der Waals surface area contributed by atoms with Crippen molar-refractivity contribution in [2.24, 2.45) is 0 Å². The summed E-state index contributed by atoms with van der Waals surface area (Å²) in [4.78, 5) is 25.6. The molecule has 1 aliphatic carbocycles. The number of nitrogens with zero attached hydrogens (tertiary/aromatic N) is 1. The van der Waals surface area contributed by atoms with Gasteiger partial charge in [-0.25, -0.2) is 0 Å². The van der Waals surface area contributed by atoms with Gasteiger partial charge in [0.25, 0.3) is 0 Å². The topological polar surface area (TPSA) is 49.4 Å². The molecule has 1 aromatic carbocycles. The van der Waals surface area contributed by atoms with Crippen LogP contribution in [0, 0.1) is 0 Å². The van der Waals surface area contributed by atoms with Gasteiger partial charge in [-0.3, -0.25) is 14.5 Å². The number of thioether (sulfide) groups is 1. The van der Waals surface area contributed by atoms with Gasteiger partial charge in [0.1, 0.15) is 4.32 Å². The van der Waals surface area contributed by atoms with Crippen LogP contribution in [0.15, 0.2) is 24.3 Å².